The molecule has 0 N–H and O–H groups in total. The molecule has 5 atom stereocenters. The van der Waals surface area contributed by atoms with Gasteiger partial charge in [0.25, 0.3) is 0 Å². The molecule has 2 aliphatic heterocycles. The fraction of sp³-hybridized carbons (Fsp3) is 0.600. The first-order valence-corrected chi connectivity index (χ1v) is 6.76. The van der Waals surface area contributed by atoms with Crippen molar-refractivity contribution in [2.75, 3.05) is 0 Å². The van der Waals surface area contributed by atoms with Gasteiger partial charge in [-0.15, -0.1) is 0 Å². The van der Waals surface area contributed by atoms with Crippen molar-refractivity contribution in [1.82, 2.24) is 0 Å². The molecular weight excluding hydrogens is 244 g/mol. The van der Waals surface area contributed by atoms with Crippen LogP contribution in [0.4, 0.5) is 0 Å². The van der Waals surface area contributed by atoms with Gasteiger partial charge in [-0.3, -0.25) is 4.79 Å². The van der Waals surface area contributed by atoms with Gasteiger partial charge in [0.2, 0.25) is 0 Å². The minimum atomic E-state index is -0.466. The Morgan fingerprint density at radius 2 is 2.11 bits per heavy atom. The lowest BCUT2D eigenvalue weighted by molar-refractivity contribution is -0.142. The Morgan fingerprint density at radius 1 is 1.37 bits per heavy atom. The molecule has 0 aromatic carbocycles. The van der Waals surface area contributed by atoms with E-state index in [0.29, 0.717) is 5.57 Å². The van der Waals surface area contributed by atoms with Crippen LogP contribution in [0.1, 0.15) is 26.7 Å². The van der Waals surface area contributed by atoms with Gasteiger partial charge in [0, 0.05) is 17.1 Å². The van der Waals surface area contributed by atoms with Gasteiger partial charge < -0.3 is 9.47 Å². The van der Waals surface area contributed by atoms with Crippen LogP contribution in [0.5, 0.6) is 0 Å². The molecule has 3 fully saturated rings. The van der Waals surface area contributed by atoms with E-state index in [1.807, 2.05) is 13.8 Å². The third kappa shape index (κ3) is 1.18. The van der Waals surface area contributed by atoms with Crippen LogP contribution < -0.4 is 0 Å². The van der Waals surface area contributed by atoms with Crippen LogP contribution in [-0.2, 0) is 19.1 Å². The molecule has 4 aliphatic rings. The molecule has 1 saturated carbocycles. The molecule has 0 unspecified atom stereocenters. The number of carbonyl (C=O) groups excluding carboxylic acids is 2. The standard InChI is InChI=1S/C15H16O4/c1-6-4-5-8-7(2)14(17)18-12(8)10-9(6)11(16)13-15(10,3)19-13/h8,10,12-13H,2,4-5H2,1,3H3/t8-,10+,12-,13+,15+/m0/s1. The van der Waals surface area contributed by atoms with Crippen molar-refractivity contribution < 1.29 is 19.1 Å². The summed E-state index contributed by atoms with van der Waals surface area (Å²) >= 11 is 0. The molecule has 0 spiro atoms. The number of fused-ring (bicyclic) bond motifs is 5. The van der Waals surface area contributed by atoms with Crippen molar-refractivity contribution in [3.63, 3.8) is 0 Å². The molecule has 0 radical (unpaired) electrons. The third-order valence-corrected chi connectivity index (χ3v) is 5.24. The number of epoxide rings is 1. The topological polar surface area (TPSA) is 55.9 Å². The van der Waals surface area contributed by atoms with Crippen LogP contribution in [0.15, 0.2) is 23.3 Å². The van der Waals surface area contributed by atoms with Crippen LogP contribution in [0.3, 0.4) is 0 Å². The number of rotatable bonds is 0. The highest BCUT2D eigenvalue weighted by atomic mass is 16.6. The van der Waals surface area contributed by atoms with E-state index in [1.165, 1.54) is 0 Å². The molecule has 0 bridgehead atoms. The van der Waals surface area contributed by atoms with Crippen molar-refractivity contribution in [3.05, 3.63) is 23.3 Å². The van der Waals surface area contributed by atoms with Crippen LogP contribution in [0.2, 0.25) is 0 Å². The van der Waals surface area contributed by atoms with E-state index in [4.69, 9.17) is 9.47 Å². The predicted molar refractivity (Wildman–Crippen MR) is 66.2 cm³/mol. The summed E-state index contributed by atoms with van der Waals surface area (Å²) in [6, 6.07) is 0. The van der Waals surface area contributed by atoms with E-state index in [0.717, 1.165) is 24.0 Å². The quantitative estimate of drug-likeness (QED) is 0.377. The van der Waals surface area contributed by atoms with Crippen LogP contribution in [0.25, 0.3) is 0 Å². The van der Waals surface area contributed by atoms with Gasteiger partial charge in [-0.1, -0.05) is 12.2 Å². The average Bonchev–Trinajstić information content (AvgIpc) is 2.94. The Kier molecular flexibility index (Phi) is 1.91. The molecule has 0 amide bonds. The molecule has 2 saturated heterocycles. The highest BCUT2D eigenvalue weighted by Gasteiger charge is 2.73. The van der Waals surface area contributed by atoms with Crippen molar-refractivity contribution in [3.8, 4) is 0 Å². The van der Waals surface area contributed by atoms with Crippen molar-refractivity contribution in [2.45, 2.75) is 44.5 Å². The highest BCUT2D eigenvalue weighted by molar-refractivity contribution is 6.07. The molecule has 0 aromatic rings. The zero-order chi connectivity index (χ0) is 13.5. The Balaban J connectivity index is 1.86. The van der Waals surface area contributed by atoms with Gasteiger partial charge in [-0.05, 0) is 26.7 Å². The first kappa shape index (κ1) is 11.4. The Hall–Kier alpha value is -1.42. The zero-order valence-electron chi connectivity index (χ0n) is 11.1. The summed E-state index contributed by atoms with van der Waals surface area (Å²) in [4.78, 5) is 24.1. The summed E-state index contributed by atoms with van der Waals surface area (Å²) in [5.74, 6) is -0.300. The third-order valence-electron chi connectivity index (χ3n) is 5.24. The SMILES string of the molecule is C=C1C(=O)O[C@@H]2[C@H]3C(=C(C)CC[C@@H]12)C(=O)[C@H]1O[C@@]13C. The maximum atomic E-state index is 12.4. The predicted octanol–water partition coefficient (Wildman–Crippen LogP) is 1.55. The van der Waals surface area contributed by atoms with Gasteiger partial charge in [0.15, 0.2) is 11.9 Å². The van der Waals surface area contributed by atoms with Crippen LogP contribution in [-0.4, -0.2) is 29.6 Å². The minimum absolute atomic E-state index is 0.0255. The van der Waals surface area contributed by atoms with E-state index < -0.39 is 5.60 Å². The van der Waals surface area contributed by atoms with Crippen molar-refractivity contribution in [1.29, 1.82) is 0 Å². The minimum Gasteiger partial charge on any atom is -0.458 e. The van der Waals surface area contributed by atoms with Gasteiger partial charge in [0.1, 0.15) is 11.7 Å². The Morgan fingerprint density at radius 3 is 2.84 bits per heavy atom. The number of ether oxygens (including phenoxy) is 2. The van der Waals surface area contributed by atoms with Crippen LogP contribution in [0, 0.1) is 11.8 Å². The number of Topliss-reactive ketones (excluding diaryl/α,β-unsaturated/α-hetero) is 1. The lowest BCUT2D eigenvalue weighted by Crippen LogP contribution is -2.35. The summed E-state index contributed by atoms with van der Waals surface area (Å²) in [6.45, 7) is 7.83. The van der Waals surface area contributed by atoms with Gasteiger partial charge in [-0.2, -0.15) is 0 Å². The molecule has 2 heterocycles. The summed E-state index contributed by atoms with van der Waals surface area (Å²) in [6.07, 6.45) is 1.06. The summed E-state index contributed by atoms with van der Waals surface area (Å²) < 4.78 is 11.1. The Labute approximate surface area is 111 Å². The molecule has 0 aromatic heterocycles. The second kappa shape index (κ2) is 3.18. The number of allylic oxidation sites excluding steroid dienone is 1. The summed E-state index contributed by atoms with van der Waals surface area (Å²) in [7, 11) is 0. The molecular formula is C15H16O4. The fourth-order valence-electron chi connectivity index (χ4n) is 4.09. The lowest BCUT2D eigenvalue weighted by Gasteiger charge is -2.26. The number of carbonyl (C=O) groups is 2. The summed E-state index contributed by atoms with van der Waals surface area (Å²) in [5, 5.41) is 0. The molecule has 19 heavy (non-hydrogen) atoms. The molecule has 4 nitrogen and oxygen atoms in total. The maximum Gasteiger partial charge on any atom is 0.334 e. The van der Waals surface area contributed by atoms with E-state index >= 15 is 0 Å². The smallest absolute Gasteiger partial charge is 0.334 e. The maximum absolute atomic E-state index is 12.4. The molecule has 2 aliphatic carbocycles. The van der Waals surface area contributed by atoms with E-state index in [9.17, 15) is 9.59 Å². The number of hydrogen-bond donors (Lipinski definition) is 0. The molecule has 4 heteroatoms. The second-order valence-corrected chi connectivity index (χ2v) is 6.26. The van der Waals surface area contributed by atoms with Crippen molar-refractivity contribution >= 4 is 11.8 Å². The Bertz CT molecular complexity index is 573. The first-order chi connectivity index (χ1) is 8.95. The van der Waals surface area contributed by atoms with E-state index in [1.54, 1.807) is 0 Å². The normalized spacial score (nSPS) is 47.6. The van der Waals surface area contributed by atoms with E-state index in [2.05, 4.69) is 6.58 Å². The average molecular weight is 260 g/mol. The lowest BCUT2D eigenvalue weighted by atomic mass is 9.81. The largest absolute Gasteiger partial charge is 0.458 e. The monoisotopic (exact) mass is 260 g/mol. The highest BCUT2D eigenvalue weighted by Crippen LogP contribution is 2.60. The van der Waals surface area contributed by atoms with Crippen LogP contribution >= 0.6 is 0 Å². The number of ketones is 1. The molecule has 4 rings (SSSR count). The first-order valence-electron chi connectivity index (χ1n) is 6.76. The van der Waals surface area contributed by atoms with Gasteiger partial charge in [0.05, 0.1) is 5.92 Å². The van der Waals surface area contributed by atoms with E-state index in [-0.39, 0.29) is 35.8 Å². The second-order valence-electron chi connectivity index (χ2n) is 6.26. The zero-order valence-corrected chi connectivity index (χ0v) is 11.1. The summed E-state index contributed by atoms with van der Waals surface area (Å²) in [5.41, 5.74) is 2.07. The molecule has 100 valence electrons. The van der Waals surface area contributed by atoms with Gasteiger partial charge in [-0.25, -0.2) is 4.79 Å². The number of hydrogen-bond acceptors (Lipinski definition) is 4. The number of esters is 1. The fourth-order valence-corrected chi connectivity index (χ4v) is 4.09. The van der Waals surface area contributed by atoms with Gasteiger partial charge >= 0.3 is 5.97 Å². The van der Waals surface area contributed by atoms with Crippen molar-refractivity contribution in [2.24, 2.45) is 11.8 Å².